The smallest absolute Gasteiger partial charge is 0.243 e. The normalized spacial score (nSPS) is 17.4. The second-order valence-corrected chi connectivity index (χ2v) is 10.9. The average molecular weight is 486 g/mol. The standard InChI is InChI=1S/C25H31N3O5S/c1-18-10-12-27(13-11-18)34(31,32)22-7-8-23-20(15-22)6-9-25(30)28(23)17-24(29)26-16-19-4-3-5-21(14-19)33-2/h3-5,7-8,14-15,18H,6,9-13,16-17H2,1-2H3,(H,26,29). The third-order valence-corrected chi connectivity index (χ3v) is 8.45. The molecule has 0 unspecified atom stereocenters. The number of aryl methyl sites for hydroxylation is 1. The van der Waals surface area contributed by atoms with Gasteiger partial charge in [0.05, 0.1) is 12.0 Å². The number of benzene rings is 2. The summed E-state index contributed by atoms with van der Waals surface area (Å²) >= 11 is 0. The Morgan fingerprint density at radius 1 is 1.12 bits per heavy atom. The molecule has 34 heavy (non-hydrogen) atoms. The molecule has 2 aliphatic rings. The Morgan fingerprint density at radius 3 is 2.62 bits per heavy atom. The maximum Gasteiger partial charge on any atom is 0.243 e. The van der Waals surface area contributed by atoms with Gasteiger partial charge in [-0.25, -0.2) is 8.42 Å². The van der Waals surface area contributed by atoms with Crippen molar-refractivity contribution >= 4 is 27.5 Å². The van der Waals surface area contributed by atoms with Gasteiger partial charge in [0.1, 0.15) is 12.3 Å². The Kier molecular flexibility index (Phi) is 7.23. The minimum atomic E-state index is -3.58. The van der Waals surface area contributed by atoms with Crippen molar-refractivity contribution in [3.05, 3.63) is 53.6 Å². The van der Waals surface area contributed by atoms with E-state index in [2.05, 4.69) is 12.2 Å². The molecular weight excluding hydrogens is 454 g/mol. The van der Waals surface area contributed by atoms with Gasteiger partial charge in [0.25, 0.3) is 0 Å². The van der Waals surface area contributed by atoms with Crippen LogP contribution in [0.25, 0.3) is 0 Å². The molecule has 2 heterocycles. The van der Waals surface area contributed by atoms with Crippen molar-refractivity contribution in [3.63, 3.8) is 0 Å². The average Bonchev–Trinajstić information content (AvgIpc) is 2.84. The van der Waals surface area contributed by atoms with Crippen LogP contribution >= 0.6 is 0 Å². The summed E-state index contributed by atoms with van der Waals surface area (Å²) in [5.41, 5.74) is 2.26. The van der Waals surface area contributed by atoms with E-state index < -0.39 is 10.0 Å². The number of carbonyl (C=O) groups is 2. The van der Waals surface area contributed by atoms with Crippen LogP contribution < -0.4 is 15.0 Å². The Labute approximate surface area is 200 Å². The summed E-state index contributed by atoms with van der Waals surface area (Å²) < 4.78 is 33.0. The minimum Gasteiger partial charge on any atom is -0.497 e. The third-order valence-electron chi connectivity index (χ3n) is 6.56. The number of hydrogen-bond donors (Lipinski definition) is 1. The number of hydrogen-bond acceptors (Lipinski definition) is 5. The zero-order valence-corrected chi connectivity index (χ0v) is 20.4. The summed E-state index contributed by atoms with van der Waals surface area (Å²) in [4.78, 5) is 26.9. The molecule has 2 aromatic carbocycles. The number of piperidine rings is 1. The largest absolute Gasteiger partial charge is 0.497 e. The van der Waals surface area contributed by atoms with Gasteiger partial charge >= 0.3 is 0 Å². The number of nitrogens with one attached hydrogen (secondary N) is 1. The maximum atomic E-state index is 13.1. The first-order valence-corrected chi connectivity index (χ1v) is 13.0. The van der Waals surface area contributed by atoms with Gasteiger partial charge in [0.15, 0.2) is 0 Å². The number of sulfonamides is 1. The molecule has 0 aliphatic carbocycles. The lowest BCUT2D eigenvalue weighted by molar-refractivity contribution is -0.124. The summed E-state index contributed by atoms with van der Waals surface area (Å²) in [5.74, 6) is 0.800. The van der Waals surface area contributed by atoms with Crippen molar-refractivity contribution in [2.75, 3.05) is 31.6 Å². The number of rotatable bonds is 7. The van der Waals surface area contributed by atoms with E-state index in [0.717, 1.165) is 24.0 Å². The van der Waals surface area contributed by atoms with Crippen LogP contribution in [0.3, 0.4) is 0 Å². The lowest BCUT2D eigenvalue weighted by Gasteiger charge is -2.31. The topological polar surface area (TPSA) is 96.0 Å². The Hall–Kier alpha value is -2.91. The Balaban J connectivity index is 1.46. The van der Waals surface area contributed by atoms with E-state index in [-0.39, 0.29) is 29.7 Å². The van der Waals surface area contributed by atoms with Crippen LogP contribution in [0.1, 0.15) is 37.3 Å². The second-order valence-electron chi connectivity index (χ2n) is 8.99. The predicted molar refractivity (Wildman–Crippen MR) is 129 cm³/mol. The highest BCUT2D eigenvalue weighted by Crippen LogP contribution is 2.32. The number of anilines is 1. The van der Waals surface area contributed by atoms with Gasteiger partial charge < -0.3 is 15.0 Å². The Bertz CT molecular complexity index is 1170. The first kappa shape index (κ1) is 24.2. The molecular formula is C25H31N3O5S. The molecule has 0 saturated carbocycles. The van der Waals surface area contributed by atoms with Gasteiger partial charge in [-0.05, 0) is 66.6 Å². The molecule has 0 aromatic heterocycles. The van der Waals surface area contributed by atoms with Crippen LogP contribution in [0.15, 0.2) is 47.4 Å². The monoisotopic (exact) mass is 485 g/mol. The van der Waals surface area contributed by atoms with Crippen molar-refractivity contribution < 1.29 is 22.7 Å². The summed E-state index contributed by atoms with van der Waals surface area (Å²) in [6.07, 6.45) is 2.41. The SMILES string of the molecule is COc1cccc(CNC(=O)CN2C(=O)CCc3cc(S(=O)(=O)N4CCC(C)CC4)ccc32)c1. The second kappa shape index (κ2) is 10.1. The summed E-state index contributed by atoms with van der Waals surface area (Å²) in [7, 11) is -1.99. The lowest BCUT2D eigenvalue weighted by Crippen LogP contribution is -2.43. The summed E-state index contributed by atoms with van der Waals surface area (Å²) in [5, 5.41) is 2.84. The first-order chi connectivity index (χ1) is 16.3. The van der Waals surface area contributed by atoms with E-state index in [1.807, 2.05) is 24.3 Å². The van der Waals surface area contributed by atoms with Crippen LogP contribution in [-0.2, 0) is 32.6 Å². The van der Waals surface area contributed by atoms with Gasteiger partial charge in [-0.1, -0.05) is 19.1 Å². The molecule has 9 heteroatoms. The van der Waals surface area contributed by atoms with E-state index in [9.17, 15) is 18.0 Å². The number of ether oxygens (including phenoxy) is 1. The van der Waals surface area contributed by atoms with Crippen LogP contribution in [0.2, 0.25) is 0 Å². The third kappa shape index (κ3) is 5.26. The van der Waals surface area contributed by atoms with Crippen LogP contribution in [0, 0.1) is 5.92 Å². The van der Waals surface area contributed by atoms with E-state index in [1.54, 1.807) is 29.6 Å². The van der Waals surface area contributed by atoms with Crippen molar-refractivity contribution in [1.29, 1.82) is 0 Å². The zero-order valence-electron chi connectivity index (χ0n) is 19.6. The minimum absolute atomic E-state index is 0.119. The molecule has 1 fully saturated rings. The van der Waals surface area contributed by atoms with E-state index in [0.29, 0.717) is 43.4 Å². The fourth-order valence-corrected chi connectivity index (χ4v) is 5.95. The fraction of sp³-hybridized carbons (Fsp3) is 0.440. The lowest BCUT2D eigenvalue weighted by atomic mass is 10.0. The van der Waals surface area contributed by atoms with Crippen molar-refractivity contribution in [3.8, 4) is 5.75 Å². The van der Waals surface area contributed by atoms with Gasteiger partial charge in [0, 0.05) is 31.7 Å². The van der Waals surface area contributed by atoms with Crippen LogP contribution in [0.4, 0.5) is 5.69 Å². The molecule has 0 atom stereocenters. The number of fused-ring (bicyclic) bond motifs is 1. The number of amides is 2. The number of nitrogens with zero attached hydrogens (tertiary/aromatic N) is 2. The molecule has 0 spiro atoms. The fourth-order valence-electron chi connectivity index (χ4n) is 4.43. The highest BCUT2D eigenvalue weighted by molar-refractivity contribution is 7.89. The molecule has 4 rings (SSSR count). The molecule has 2 aromatic rings. The molecule has 2 aliphatic heterocycles. The molecule has 0 radical (unpaired) electrons. The first-order valence-electron chi connectivity index (χ1n) is 11.6. The van der Waals surface area contributed by atoms with Crippen LogP contribution in [-0.4, -0.2) is 51.3 Å². The molecule has 2 amide bonds. The molecule has 0 bridgehead atoms. The van der Waals surface area contributed by atoms with Crippen molar-refractivity contribution in [2.24, 2.45) is 5.92 Å². The Morgan fingerprint density at radius 2 is 1.88 bits per heavy atom. The highest BCUT2D eigenvalue weighted by Gasteiger charge is 2.31. The molecule has 1 N–H and O–H groups in total. The summed E-state index contributed by atoms with van der Waals surface area (Å²) in [6.45, 7) is 3.39. The van der Waals surface area contributed by atoms with Crippen molar-refractivity contribution in [1.82, 2.24) is 9.62 Å². The zero-order chi connectivity index (χ0) is 24.3. The van der Waals surface area contributed by atoms with E-state index in [1.165, 1.54) is 4.90 Å². The van der Waals surface area contributed by atoms with Gasteiger partial charge in [-0.15, -0.1) is 0 Å². The molecule has 1 saturated heterocycles. The number of methoxy groups -OCH3 is 1. The van der Waals surface area contributed by atoms with Gasteiger partial charge in [-0.2, -0.15) is 4.31 Å². The summed E-state index contributed by atoms with van der Waals surface area (Å²) in [6, 6.07) is 12.3. The quantitative estimate of drug-likeness (QED) is 0.651. The highest BCUT2D eigenvalue weighted by atomic mass is 32.2. The predicted octanol–water partition coefficient (Wildman–Crippen LogP) is 2.71. The maximum absolute atomic E-state index is 13.1. The molecule has 8 nitrogen and oxygen atoms in total. The van der Waals surface area contributed by atoms with Crippen LogP contribution in [0.5, 0.6) is 5.75 Å². The van der Waals surface area contributed by atoms with E-state index >= 15 is 0 Å². The van der Waals surface area contributed by atoms with Gasteiger partial charge in [0.2, 0.25) is 21.8 Å². The molecule has 182 valence electrons. The number of carbonyl (C=O) groups excluding carboxylic acids is 2. The van der Waals surface area contributed by atoms with Gasteiger partial charge in [-0.3, -0.25) is 9.59 Å². The van der Waals surface area contributed by atoms with Crippen molar-refractivity contribution in [2.45, 2.75) is 44.0 Å². The van der Waals surface area contributed by atoms with E-state index in [4.69, 9.17) is 4.74 Å².